The van der Waals surface area contributed by atoms with E-state index >= 15 is 0 Å². The van der Waals surface area contributed by atoms with Crippen molar-refractivity contribution in [1.82, 2.24) is 0 Å². The number of hydrogen-bond donors (Lipinski definition) is 8. The third kappa shape index (κ3) is 4.64. The van der Waals surface area contributed by atoms with E-state index in [1.54, 1.807) is 0 Å². The quantitative estimate of drug-likeness (QED) is 0.196. The van der Waals surface area contributed by atoms with Gasteiger partial charge in [0.1, 0.15) is 48.8 Å². The molecule has 1 heterocycles. The van der Waals surface area contributed by atoms with Crippen molar-refractivity contribution >= 4 is 6.29 Å². The van der Waals surface area contributed by atoms with Crippen LogP contribution in [0.15, 0.2) is 0 Å². The highest BCUT2D eigenvalue weighted by Crippen LogP contribution is 2.24. The van der Waals surface area contributed by atoms with E-state index in [1.165, 1.54) is 0 Å². The van der Waals surface area contributed by atoms with Crippen molar-refractivity contribution < 1.29 is 55.1 Å². The van der Waals surface area contributed by atoms with E-state index in [9.17, 15) is 35.4 Å². The predicted octanol–water partition coefficient (Wildman–Crippen LogP) is -5.55. The molecule has 0 aliphatic carbocycles. The zero-order chi connectivity index (χ0) is 17.7. The highest BCUT2D eigenvalue weighted by atomic mass is 16.7. The highest BCUT2D eigenvalue weighted by Gasteiger charge is 2.46. The van der Waals surface area contributed by atoms with Crippen LogP contribution in [0.1, 0.15) is 0 Å². The van der Waals surface area contributed by atoms with Crippen LogP contribution in [0.5, 0.6) is 0 Å². The van der Waals surface area contributed by atoms with Gasteiger partial charge < -0.3 is 55.1 Å². The molecule has 0 spiro atoms. The fourth-order valence-electron chi connectivity index (χ4n) is 2.08. The molecule has 1 aliphatic heterocycles. The standard InChI is InChI=1S/C12H22O11/c13-1-4(16)7(18)11(5(17)2-14)23-12-10(21)9(20)8(19)6(3-15)22-12/h3-14,16-21H,1-2H2/t4-,5+,6+,7+,8-,9-,10+,11+,12-/m0/s1. The summed E-state index contributed by atoms with van der Waals surface area (Å²) in [5.41, 5.74) is 0. The van der Waals surface area contributed by atoms with E-state index in [2.05, 4.69) is 0 Å². The lowest BCUT2D eigenvalue weighted by molar-refractivity contribution is -0.316. The molecule has 11 nitrogen and oxygen atoms in total. The van der Waals surface area contributed by atoms with Gasteiger partial charge in [-0.25, -0.2) is 0 Å². The Morgan fingerprint density at radius 3 is 2.00 bits per heavy atom. The van der Waals surface area contributed by atoms with Gasteiger partial charge in [0.05, 0.1) is 13.2 Å². The summed E-state index contributed by atoms with van der Waals surface area (Å²) < 4.78 is 9.98. The van der Waals surface area contributed by atoms with Crippen LogP contribution in [0.4, 0.5) is 0 Å². The van der Waals surface area contributed by atoms with Crippen molar-refractivity contribution in [3.63, 3.8) is 0 Å². The van der Waals surface area contributed by atoms with Gasteiger partial charge in [-0.05, 0) is 0 Å². The first-order valence-electron chi connectivity index (χ1n) is 6.84. The Labute approximate surface area is 130 Å². The van der Waals surface area contributed by atoms with Crippen LogP contribution in [-0.4, -0.2) is 115 Å². The second kappa shape index (κ2) is 8.94. The van der Waals surface area contributed by atoms with Crippen LogP contribution in [-0.2, 0) is 14.3 Å². The second-order valence-corrected chi connectivity index (χ2v) is 5.17. The summed E-state index contributed by atoms with van der Waals surface area (Å²) in [6.45, 7) is -1.78. The number of carbonyl (C=O) groups excluding carboxylic acids is 1. The van der Waals surface area contributed by atoms with Crippen molar-refractivity contribution in [2.45, 2.75) is 55.1 Å². The fourth-order valence-corrected chi connectivity index (χ4v) is 2.08. The average molecular weight is 342 g/mol. The van der Waals surface area contributed by atoms with Gasteiger partial charge in [-0.2, -0.15) is 0 Å². The van der Waals surface area contributed by atoms with Gasteiger partial charge in [0.2, 0.25) is 0 Å². The van der Waals surface area contributed by atoms with Crippen molar-refractivity contribution in [2.75, 3.05) is 13.2 Å². The van der Waals surface area contributed by atoms with Crippen LogP contribution < -0.4 is 0 Å². The highest BCUT2D eigenvalue weighted by molar-refractivity contribution is 5.57. The van der Waals surface area contributed by atoms with Crippen molar-refractivity contribution in [2.24, 2.45) is 0 Å². The average Bonchev–Trinajstić information content (AvgIpc) is 2.57. The molecule has 1 saturated heterocycles. The maximum atomic E-state index is 10.8. The molecule has 136 valence electrons. The number of aliphatic hydroxyl groups excluding tert-OH is 8. The van der Waals surface area contributed by atoms with Gasteiger partial charge in [0.25, 0.3) is 0 Å². The van der Waals surface area contributed by atoms with Crippen LogP contribution in [0.25, 0.3) is 0 Å². The lowest BCUT2D eigenvalue weighted by Crippen LogP contribution is -2.61. The van der Waals surface area contributed by atoms with Gasteiger partial charge in [0, 0.05) is 0 Å². The minimum atomic E-state index is -1.88. The molecule has 0 saturated carbocycles. The molecule has 0 unspecified atom stereocenters. The molecule has 0 bridgehead atoms. The number of carbonyl (C=O) groups is 1. The third-order valence-electron chi connectivity index (χ3n) is 3.52. The largest absolute Gasteiger partial charge is 0.394 e. The molecule has 1 aliphatic rings. The zero-order valence-electron chi connectivity index (χ0n) is 12.0. The summed E-state index contributed by atoms with van der Waals surface area (Å²) in [7, 11) is 0. The Morgan fingerprint density at radius 1 is 0.957 bits per heavy atom. The van der Waals surface area contributed by atoms with Crippen LogP contribution >= 0.6 is 0 Å². The molecule has 11 heteroatoms. The molecule has 0 aromatic rings. The van der Waals surface area contributed by atoms with Crippen LogP contribution in [0.2, 0.25) is 0 Å². The molecule has 23 heavy (non-hydrogen) atoms. The summed E-state index contributed by atoms with van der Waals surface area (Å²) >= 11 is 0. The van der Waals surface area contributed by atoms with Crippen LogP contribution in [0.3, 0.4) is 0 Å². The lowest BCUT2D eigenvalue weighted by Gasteiger charge is -2.41. The Kier molecular flexibility index (Phi) is 7.89. The predicted molar refractivity (Wildman–Crippen MR) is 69.8 cm³/mol. The zero-order valence-corrected chi connectivity index (χ0v) is 12.0. The molecule has 8 N–H and O–H groups in total. The Hall–Kier alpha value is -0.730. The molecule has 9 atom stereocenters. The first-order chi connectivity index (χ1) is 10.8. The van der Waals surface area contributed by atoms with Gasteiger partial charge in [0.15, 0.2) is 12.6 Å². The third-order valence-corrected chi connectivity index (χ3v) is 3.52. The van der Waals surface area contributed by atoms with E-state index in [4.69, 9.17) is 19.7 Å². The second-order valence-electron chi connectivity index (χ2n) is 5.17. The normalized spacial score (nSPS) is 37.0. The monoisotopic (exact) mass is 342 g/mol. The first-order valence-corrected chi connectivity index (χ1v) is 6.84. The number of ether oxygens (including phenoxy) is 2. The maximum Gasteiger partial charge on any atom is 0.187 e. The molecule has 1 fully saturated rings. The smallest absolute Gasteiger partial charge is 0.187 e. The van der Waals surface area contributed by atoms with Crippen LogP contribution in [0, 0.1) is 0 Å². The van der Waals surface area contributed by atoms with E-state index < -0.39 is 68.3 Å². The lowest BCUT2D eigenvalue weighted by atomic mass is 9.99. The van der Waals surface area contributed by atoms with Gasteiger partial charge in [-0.3, -0.25) is 0 Å². The summed E-state index contributed by atoms with van der Waals surface area (Å²) in [6.07, 6.45) is -15.6. The molecule has 0 aromatic carbocycles. The minimum absolute atomic E-state index is 0.159. The Morgan fingerprint density at radius 2 is 1.52 bits per heavy atom. The van der Waals surface area contributed by atoms with Gasteiger partial charge >= 0.3 is 0 Å². The summed E-state index contributed by atoms with van der Waals surface area (Å²) in [4.78, 5) is 10.8. The molecular formula is C12H22O11. The van der Waals surface area contributed by atoms with E-state index in [0.717, 1.165) is 0 Å². The summed E-state index contributed by atoms with van der Waals surface area (Å²) in [5.74, 6) is 0. The summed E-state index contributed by atoms with van der Waals surface area (Å²) in [6, 6.07) is 0. The number of hydrogen-bond acceptors (Lipinski definition) is 11. The SMILES string of the molecule is O=C[C@H]1O[C@@H](O[C@@H]([C@H](O)[C@@H](O)CO)[C@H](O)CO)[C@H](O)[C@@H](O)[C@H]1O. The molecule has 0 radical (unpaired) electrons. The molecule has 0 aromatic heterocycles. The van der Waals surface area contributed by atoms with E-state index in [-0.39, 0.29) is 6.29 Å². The topological polar surface area (TPSA) is 197 Å². The first kappa shape index (κ1) is 20.3. The van der Waals surface area contributed by atoms with Crippen molar-refractivity contribution in [1.29, 1.82) is 0 Å². The Balaban J connectivity index is 2.91. The summed E-state index contributed by atoms with van der Waals surface area (Å²) in [5, 5.41) is 75.6. The molecular weight excluding hydrogens is 320 g/mol. The number of aliphatic hydroxyl groups is 8. The Bertz CT molecular complexity index is 367. The van der Waals surface area contributed by atoms with Gasteiger partial charge in [-0.15, -0.1) is 0 Å². The number of aldehydes is 1. The van der Waals surface area contributed by atoms with Crippen molar-refractivity contribution in [3.05, 3.63) is 0 Å². The number of rotatable bonds is 8. The van der Waals surface area contributed by atoms with E-state index in [1.807, 2.05) is 0 Å². The van der Waals surface area contributed by atoms with E-state index in [0.29, 0.717) is 0 Å². The van der Waals surface area contributed by atoms with Gasteiger partial charge in [-0.1, -0.05) is 0 Å². The fraction of sp³-hybridized carbons (Fsp3) is 0.917. The van der Waals surface area contributed by atoms with Crippen molar-refractivity contribution in [3.8, 4) is 0 Å². The molecule has 1 rings (SSSR count). The maximum absolute atomic E-state index is 10.8. The minimum Gasteiger partial charge on any atom is -0.394 e. The molecule has 0 amide bonds.